The number of hydrogen-bond donors (Lipinski definition) is 1. The molecule has 1 aliphatic carbocycles. The van der Waals surface area contributed by atoms with E-state index in [-0.39, 0.29) is 36.8 Å². The Balaban J connectivity index is 1.48. The van der Waals surface area contributed by atoms with Crippen LogP contribution in [0.1, 0.15) is 48.6 Å². The van der Waals surface area contributed by atoms with Gasteiger partial charge in [-0.25, -0.2) is 9.07 Å². The van der Waals surface area contributed by atoms with Gasteiger partial charge < -0.3 is 10.2 Å². The van der Waals surface area contributed by atoms with E-state index in [1.165, 1.54) is 29.9 Å². The molecule has 1 atom stereocenters. The summed E-state index contributed by atoms with van der Waals surface area (Å²) >= 11 is 1.44. The molecule has 186 valence electrons. The first-order valence-electron chi connectivity index (χ1n) is 12.2. The Hall–Kier alpha value is -3.59. The maximum atomic E-state index is 13.8. The summed E-state index contributed by atoms with van der Waals surface area (Å²) in [6.45, 7) is 0.0900. The van der Waals surface area contributed by atoms with E-state index in [0.717, 1.165) is 41.6 Å². The van der Waals surface area contributed by atoms with Crippen molar-refractivity contribution in [3.8, 4) is 0 Å². The van der Waals surface area contributed by atoms with Crippen LogP contribution in [0.4, 0.5) is 4.39 Å². The van der Waals surface area contributed by atoms with Gasteiger partial charge in [-0.3, -0.25) is 9.59 Å². The van der Waals surface area contributed by atoms with Gasteiger partial charge in [0.1, 0.15) is 23.9 Å². The quantitative estimate of drug-likeness (QED) is 0.371. The number of amides is 2. The van der Waals surface area contributed by atoms with Gasteiger partial charge in [-0.2, -0.15) is 0 Å². The Kier molecular flexibility index (Phi) is 7.36. The van der Waals surface area contributed by atoms with Gasteiger partial charge in [0, 0.05) is 17.5 Å². The third-order valence-corrected chi connectivity index (χ3v) is 7.54. The van der Waals surface area contributed by atoms with Crippen LogP contribution in [0.25, 0.3) is 11.0 Å². The second-order valence-electron chi connectivity index (χ2n) is 9.15. The van der Waals surface area contributed by atoms with Crippen LogP contribution in [0.2, 0.25) is 0 Å². The number of halogens is 1. The third kappa shape index (κ3) is 5.46. The van der Waals surface area contributed by atoms with Crippen LogP contribution in [0.5, 0.6) is 0 Å². The van der Waals surface area contributed by atoms with Crippen molar-refractivity contribution in [1.29, 1.82) is 0 Å². The van der Waals surface area contributed by atoms with Crippen molar-refractivity contribution in [2.24, 2.45) is 0 Å². The number of carbonyl (C=O) groups excluding carboxylic acids is 2. The Bertz CT molecular complexity index is 1320. The molecule has 4 aromatic rings. The normalized spacial score (nSPS) is 15.0. The van der Waals surface area contributed by atoms with Crippen molar-refractivity contribution in [2.75, 3.05) is 0 Å². The van der Waals surface area contributed by atoms with Gasteiger partial charge in [0.05, 0.1) is 5.52 Å². The number of fused-ring (bicyclic) bond motifs is 1. The zero-order valence-corrected chi connectivity index (χ0v) is 20.7. The average Bonchev–Trinajstić information content (AvgIpc) is 3.56. The van der Waals surface area contributed by atoms with E-state index in [2.05, 4.69) is 15.6 Å². The second-order valence-corrected chi connectivity index (χ2v) is 10.1. The molecule has 1 N–H and O–H groups in total. The smallest absolute Gasteiger partial charge is 0.248 e. The molecule has 2 aromatic carbocycles. The Morgan fingerprint density at radius 2 is 1.83 bits per heavy atom. The van der Waals surface area contributed by atoms with E-state index in [0.29, 0.717) is 5.52 Å². The molecule has 2 amide bonds. The number of carbonyl (C=O) groups is 2. The zero-order chi connectivity index (χ0) is 24.9. The zero-order valence-electron chi connectivity index (χ0n) is 19.8. The van der Waals surface area contributed by atoms with Gasteiger partial charge in [-0.05, 0) is 54.1 Å². The fourth-order valence-electron chi connectivity index (χ4n) is 4.76. The van der Waals surface area contributed by atoms with Crippen molar-refractivity contribution >= 4 is 34.2 Å². The number of rotatable bonds is 8. The van der Waals surface area contributed by atoms with Crippen LogP contribution >= 0.6 is 11.3 Å². The minimum absolute atomic E-state index is 0.0692. The summed E-state index contributed by atoms with van der Waals surface area (Å²) < 4.78 is 15.1. The monoisotopic (exact) mass is 505 g/mol. The van der Waals surface area contributed by atoms with E-state index in [1.54, 1.807) is 21.7 Å². The number of para-hydroxylation sites is 1. The van der Waals surface area contributed by atoms with Gasteiger partial charge in [0.15, 0.2) is 0 Å². The van der Waals surface area contributed by atoms with Crippen molar-refractivity contribution in [3.63, 3.8) is 0 Å². The van der Waals surface area contributed by atoms with E-state index >= 15 is 0 Å². The summed E-state index contributed by atoms with van der Waals surface area (Å²) in [6.07, 6.45) is 5.25. The summed E-state index contributed by atoms with van der Waals surface area (Å²) in [5.41, 5.74) is 2.17. The maximum absolute atomic E-state index is 13.8. The van der Waals surface area contributed by atoms with E-state index < -0.39 is 6.04 Å². The van der Waals surface area contributed by atoms with Crippen LogP contribution < -0.4 is 5.32 Å². The van der Waals surface area contributed by atoms with Gasteiger partial charge in [0.2, 0.25) is 11.8 Å². The number of thiophene rings is 1. The molecular weight excluding hydrogens is 477 g/mol. The minimum atomic E-state index is -0.806. The number of nitrogens with zero attached hydrogens (tertiary/aromatic N) is 4. The summed E-state index contributed by atoms with van der Waals surface area (Å²) in [5, 5.41) is 13.4. The van der Waals surface area contributed by atoms with Gasteiger partial charge in [0.25, 0.3) is 0 Å². The molecule has 0 bridgehead atoms. The Labute approximate surface area is 212 Å². The first kappa shape index (κ1) is 24.1. The summed E-state index contributed by atoms with van der Waals surface area (Å²) in [4.78, 5) is 29.9. The predicted octanol–water partition coefficient (Wildman–Crippen LogP) is 4.85. The van der Waals surface area contributed by atoms with Crippen molar-refractivity contribution in [3.05, 3.63) is 82.3 Å². The number of hydrogen-bond acceptors (Lipinski definition) is 5. The molecule has 7 nitrogen and oxygen atoms in total. The van der Waals surface area contributed by atoms with Crippen LogP contribution in [-0.4, -0.2) is 37.7 Å². The molecule has 0 saturated heterocycles. The molecule has 0 radical (unpaired) electrons. The lowest BCUT2D eigenvalue weighted by Gasteiger charge is -2.33. The first-order valence-corrected chi connectivity index (χ1v) is 13.1. The maximum Gasteiger partial charge on any atom is 0.248 e. The van der Waals surface area contributed by atoms with E-state index in [9.17, 15) is 14.0 Å². The fraction of sp³-hybridized carbons (Fsp3) is 0.333. The van der Waals surface area contributed by atoms with Crippen molar-refractivity contribution < 1.29 is 14.0 Å². The van der Waals surface area contributed by atoms with Crippen molar-refractivity contribution in [1.82, 2.24) is 25.2 Å². The van der Waals surface area contributed by atoms with E-state index in [4.69, 9.17) is 0 Å². The van der Waals surface area contributed by atoms with Crippen molar-refractivity contribution in [2.45, 2.75) is 57.3 Å². The lowest BCUT2D eigenvalue weighted by Crippen LogP contribution is -2.47. The highest BCUT2D eigenvalue weighted by Gasteiger charge is 2.34. The van der Waals surface area contributed by atoms with Crippen LogP contribution in [-0.2, 0) is 22.7 Å². The highest BCUT2D eigenvalue weighted by atomic mass is 32.1. The molecular formula is C27H28FN5O2S. The minimum Gasteiger partial charge on any atom is -0.351 e. The SMILES string of the molecule is O=C(NC1CCCCC1)[C@H](c1cccs1)N(Cc1ccc(F)cc1)C(=O)Cn1nnc2ccccc21. The summed E-state index contributed by atoms with van der Waals surface area (Å²) in [6, 6.07) is 16.5. The lowest BCUT2D eigenvalue weighted by molar-refractivity contribution is -0.142. The molecule has 36 heavy (non-hydrogen) atoms. The largest absolute Gasteiger partial charge is 0.351 e. The molecule has 0 spiro atoms. The number of benzene rings is 2. The molecule has 9 heteroatoms. The molecule has 5 rings (SSSR count). The topological polar surface area (TPSA) is 80.1 Å². The Morgan fingerprint density at radius 1 is 1.06 bits per heavy atom. The molecule has 2 heterocycles. The standard InChI is InChI=1S/C27H28FN5O2S/c28-20-14-12-19(13-15-20)17-32(25(34)18-33-23-10-5-4-9-22(23)30-31-33)26(24-11-6-16-36-24)27(35)29-21-7-2-1-3-8-21/h4-6,9-16,21,26H,1-3,7-8,17-18H2,(H,29,35)/t26-/m0/s1. The molecule has 1 aliphatic rings. The second kappa shape index (κ2) is 11.0. The summed E-state index contributed by atoms with van der Waals surface area (Å²) in [7, 11) is 0. The molecule has 0 aliphatic heterocycles. The van der Waals surface area contributed by atoms with Gasteiger partial charge in [-0.1, -0.05) is 54.8 Å². The number of aromatic nitrogens is 3. The molecule has 1 saturated carbocycles. The lowest BCUT2D eigenvalue weighted by atomic mass is 9.95. The van der Waals surface area contributed by atoms with Crippen LogP contribution in [0, 0.1) is 5.82 Å². The third-order valence-electron chi connectivity index (χ3n) is 6.62. The number of nitrogens with one attached hydrogen (secondary N) is 1. The molecule has 0 unspecified atom stereocenters. The fourth-order valence-corrected chi connectivity index (χ4v) is 5.60. The Morgan fingerprint density at radius 3 is 2.58 bits per heavy atom. The average molecular weight is 506 g/mol. The molecule has 1 fully saturated rings. The van der Waals surface area contributed by atoms with Crippen LogP contribution in [0.3, 0.4) is 0 Å². The molecule has 2 aromatic heterocycles. The first-order chi connectivity index (χ1) is 17.6. The van der Waals surface area contributed by atoms with Gasteiger partial charge >= 0.3 is 0 Å². The highest BCUT2D eigenvalue weighted by Crippen LogP contribution is 2.29. The highest BCUT2D eigenvalue weighted by molar-refractivity contribution is 7.10. The predicted molar refractivity (Wildman–Crippen MR) is 137 cm³/mol. The van der Waals surface area contributed by atoms with Gasteiger partial charge in [-0.15, -0.1) is 16.4 Å². The summed E-state index contributed by atoms with van der Waals surface area (Å²) in [5.74, 6) is -0.814. The van der Waals surface area contributed by atoms with E-state index in [1.807, 2.05) is 41.8 Å². The van der Waals surface area contributed by atoms with Crippen LogP contribution in [0.15, 0.2) is 66.0 Å².